The first-order chi connectivity index (χ1) is 8.88. The fraction of sp³-hybridized carbons (Fsp3) is 0.455. The summed E-state index contributed by atoms with van der Waals surface area (Å²) in [5.74, 6) is 0. The average Bonchev–Trinajstić information content (AvgIpc) is 2.62. The number of nitro groups is 1. The van der Waals surface area contributed by atoms with Gasteiger partial charge in [0.1, 0.15) is 5.69 Å². The average molecular weight is 307 g/mol. The molecule has 0 unspecified atom stereocenters. The molecule has 0 spiro atoms. The van der Waals surface area contributed by atoms with E-state index < -0.39 is 17.1 Å². The molecule has 1 aromatic carbocycles. The highest BCUT2D eigenvalue weighted by atomic mass is 35.5. The standard InChI is InChI=1S/C11H12Cl2N2O4/c12-6-3-8(9(15(18)19)4-7(6)13)14-5-1-10(16)11(17)2-5/h3-5,10-11,14,16-17H,1-2H2/t5-,10+,11-. The van der Waals surface area contributed by atoms with Crippen LogP contribution in [0.2, 0.25) is 10.0 Å². The number of aliphatic hydroxyl groups excluding tert-OH is 2. The minimum absolute atomic E-state index is 0.102. The van der Waals surface area contributed by atoms with E-state index in [1.165, 1.54) is 12.1 Å². The SMILES string of the molecule is O=[N+]([O-])c1cc(Cl)c(Cl)cc1N[C@H]1C[C@@H](O)[C@@H](O)C1. The van der Waals surface area contributed by atoms with Crippen molar-refractivity contribution in [2.24, 2.45) is 0 Å². The molecule has 1 aliphatic carbocycles. The summed E-state index contributed by atoms with van der Waals surface area (Å²) in [4.78, 5) is 10.4. The van der Waals surface area contributed by atoms with Crippen molar-refractivity contribution in [1.29, 1.82) is 0 Å². The van der Waals surface area contributed by atoms with Crippen LogP contribution in [0.5, 0.6) is 0 Å². The van der Waals surface area contributed by atoms with Gasteiger partial charge in [-0.05, 0) is 18.9 Å². The molecule has 0 heterocycles. The summed E-state index contributed by atoms with van der Waals surface area (Å²) in [7, 11) is 0. The van der Waals surface area contributed by atoms with E-state index in [4.69, 9.17) is 23.2 Å². The summed E-state index contributed by atoms with van der Waals surface area (Å²) in [6.07, 6.45) is -1.00. The quantitative estimate of drug-likeness (QED) is 0.587. The van der Waals surface area contributed by atoms with Gasteiger partial charge < -0.3 is 15.5 Å². The normalized spacial score (nSPS) is 26.4. The van der Waals surface area contributed by atoms with Crippen molar-refractivity contribution < 1.29 is 15.1 Å². The summed E-state index contributed by atoms with van der Waals surface area (Å²) in [5.41, 5.74) is 0.0379. The Labute approximate surface area is 119 Å². The smallest absolute Gasteiger partial charge is 0.293 e. The molecule has 0 radical (unpaired) electrons. The van der Waals surface area contributed by atoms with Crippen molar-refractivity contribution in [2.75, 3.05) is 5.32 Å². The first-order valence-electron chi connectivity index (χ1n) is 5.64. The molecular formula is C11H12Cl2N2O4. The molecule has 2 rings (SSSR count). The van der Waals surface area contributed by atoms with Crippen molar-refractivity contribution in [3.8, 4) is 0 Å². The Morgan fingerprint density at radius 2 is 1.74 bits per heavy atom. The third kappa shape index (κ3) is 3.09. The Hall–Kier alpha value is -1.08. The van der Waals surface area contributed by atoms with Crippen LogP contribution < -0.4 is 5.32 Å². The van der Waals surface area contributed by atoms with Crippen LogP contribution in [0.1, 0.15) is 12.8 Å². The van der Waals surface area contributed by atoms with Crippen LogP contribution in [-0.2, 0) is 0 Å². The number of rotatable bonds is 3. The third-order valence-corrected chi connectivity index (χ3v) is 3.81. The Morgan fingerprint density at radius 1 is 1.21 bits per heavy atom. The number of hydrogen-bond acceptors (Lipinski definition) is 5. The molecule has 0 bridgehead atoms. The molecule has 0 aliphatic heterocycles. The molecule has 3 atom stereocenters. The van der Waals surface area contributed by atoms with Crippen LogP contribution >= 0.6 is 23.2 Å². The largest absolute Gasteiger partial charge is 0.390 e. The summed E-state index contributed by atoms with van der Waals surface area (Å²) >= 11 is 11.6. The van der Waals surface area contributed by atoms with Crippen molar-refractivity contribution in [1.82, 2.24) is 0 Å². The first kappa shape index (κ1) is 14.3. The second-order valence-electron chi connectivity index (χ2n) is 4.49. The predicted octanol–water partition coefficient (Wildman–Crippen LogP) is 2.20. The van der Waals surface area contributed by atoms with E-state index in [0.717, 1.165) is 0 Å². The molecule has 3 N–H and O–H groups in total. The zero-order valence-corrected chi connectivity index (χ0v) is 11.2. The van der Waals surface area contributed by atoms with Crippen LogP contribution in [-0.4, -0.2) is 33.4 Å². The van der Waals surface area contributed by atoms with Crippen molar-refractivity contribution in [2.45, 2.75) is 31.1 Å². The van der Waals surface area contributed by atoms with Gasteiger partial charge >= 0.3 is 0 Å². The van der Waals surface area contributed by atoms with Gasteiger partial charge in [-0.2, -0.15) is 0 Å². The van der Waals surface area contributed by atoms with E-state index in [1.54, 1.807) is 0 Å². The number of nitro benzene ring substituents is 1. The van der Waals surface area contributed by atoms with Gasteiger partial charge in [0.15, 0.2) is 0 Å². The van der Waals surface area contributed by atoms with Gasteiger partial charge in [-0.15, -0.1) is 0 Å². The van der Waals surface area contributed by atoms with Crippen LogP contribution in [0.25, 0.3) is 0 Å². The van der Waals surface area contributed by atoms with E-state index in [2.05, 4.69) is 5.32 Å². The third-order valence-electron chi connectivity index (χ3n) is 3.09. The van der Waals surface area contributed by atoms with Gasteiger partial charge in [-0.3, -0.25) is 10.1 Å². The number of anilines is 1. The Balaban J connectivity index is 2.24. The van der Waals surface area contributed by atoms with Crippen LogP contribution in [0.4, 0.5) is 11.4 Å². The molecule has 8 heteroatoms. The molecule has 0 amide bonds. The van der Waals surface area contributed by atoms with E-state index >= 15 is 0 Å². The van der Waals surface area contributed by atoms with Crippen LogP contribution in [0.3, 0.4) is 0 Å². The van der Waals surface area contributed by atoms with Crippen molar-refractivity contribution in [3.63, 3.8) is 0 Å². The van der Waals surface area contributed by atoms with Gasteiger partial charge in [0.05, 0.1) is 27.2 Å². The summed E-state index contributed by atoms with van der Waals surface area (Å²) in [6, 6.07) is 2.30. The highest BCUT2D eigenvalue weighted by Crippen LogP contribution is 2.35. The van der Waals surface area contributed by atoms with Gasteiger partial charge in [-0.25, -0.2) is 0 Å². The number of nitrogens with one attached hydrogen (secondary N) is 1. The van der Waals surface area contributed by atoms with Gasteiger partial charge in [0, 0.05) is 12.1 Å². The first-order valence-corrected chi connectivity index (χ1v) is 6.40. The lowest BCUT2D eigenvalue weighted by Gasteiger charge is -2.14. The molecule has 6 nitrogen and oxygen atoms in total. The zero-order chi connectivity index (χ0) is 14.2. The minimum Gasteiger partial charge on any atom is -0.390 e. The fourth-order valence-electron chi connectivity index (χ4n) is 2.13. The maximum Gasteiger partial charge on any atom is 0.293 e. The van der Waals surface area contributed by atoms with Crippen LogP contribution in [0, 0.1) is 10.1 Å². The van der Waals surface area contributed by atoms with Gasteiger partial charge in [0.25, 0.3) is 5.69 Å². The molecule has 0 saturated heterocycles. The van der Waals surface area contributed by atoms with E-state index in [1.807, 2.05) is 0 Å². The van der Waals surface area contributed by atoms with E-state index in [-0.39, 0.29) is 27.5 Å². The highest BCUT2D eigenvalue weighted by Gasteiger charge is 2.32. The molecule has 1 aliphatic rings. The number of nitrogens with zero attached hydrogens (tertiary/aromatic N) is 1. The van der Waals surface area contributed by atoms with Crippen molar-refractivity contribution in [3.05, 3.63) is 32.3 Å². The topological polar surface area (TPSA) is 95.6 Å². The second-order valence-corrected chi connectivity index (χ2v) is 5.30. The van der Waals surface area contributed by atoms with Gasteiger partial charge in [-0.1, -0.05) is 23.2 Å². The second kappa shape index (κ2) is 5.50. The maximum absolute atomic E-state index is 11.0. The Kier molecular flexibility index (Phi) is 4.15. The molecule has 104 valence electrons. The number of aliphatic hydroxyl groups is 2. The molecule has 1 aromatic rings. The zero-order valence-electron chi connectivity index (χ0n) is 9.72. The van der Waals surface area contributed by atoms with E-state index in [0.29, 0.717) is 12.8 Å². The number of hydrogen-bond donors (Lipinski definition) is 3. The summed E-state index contributed by atoms with van der Waals surface area (Å²) in [5, 5.41) is 33.1. The maximum atomic E-state index is 11.0. The Bertz CT molecular complexity index is 502. The number of halogens is 2. The molecule has 1 fully saturated rings. The summed E-state index contributed by atoms with van der Waals surface area (Å²) in [6.45, 7) is 0. The molecular weight excluding hydrogens is 295 g/mol. The minimum atomic E-state index is -0.820. The highest BCUT2D eigenvalue weighted by molar-refractivity contribution is 6.42. The lowest BCUT2D eigenvalue weighted by Crippen LogP contribution is -2.17. The molecule has 19 heavy (non-hydrogen) atoms. The Morgan fingerprint density at radius 3 is 2.26 bits per heavy atom. The number of benzene rings is 1. The fourth-order valence-corrected chi connectivity index (χ4v) is 2.46. The van der Waals surface area contributed by atoms with Gasteiger partial charge in [0.2, 0.25) is 0 Å². The van der Waals surface area contributed by atoms with Crippen LogP contribution in [0.15, 0.2) is 12.1 Å². The lowest BCUT2D eigenvalue weighted by atomic mass is 10.2. The summed E-state index contributed by atoms with van der Waals surface area (Å²) < 4.78 is 0. The molecule has 1 saturated carbocycles. The molecule has 0 aromatic heterocycles. The van der Waals surface area contributed by atoms with E-state index in [9.17, 15) is 20.3 Å². The predicted molar refractivity (Wildman–Crippen MR) is 71.8 cm³/mol. The monoisotopic (exact) mass is 306 g/mol. The van der Waals surface area contributed by atoms with Crippen molar-refractivity contribution >= 4 is 34.6 Å². The lowest BCUT2D eigenvalue weighted by molar-refractivity contribution is -0.384.